The average molecular weight is 268 g/mol. The van der Waals surface area contributed by atoms with Crippen LogP contribution in [0.5, 0.6) is 0 Å². The molecule has 0 radical (unpaired) electrons. The lowest BCUT2D eigenvalue weighted by molar-refractivity contribution is -0.140. The molecule has 0 aliphatic carbocycles. The fourth-order valence-corrected chi connectivity index (χ4v) is 1.59. The van der Waals surface area contributed by atoms with Crippen LogP contribution in [0.3, 0.4) is 0 Å². The summed E-state index contributed by atoms with van der Waals surface area (Å²) in [5.74, 6) is -1.13. The molecule has 19 heavy (non-hydrogen) atoms. The number of amides is 2. The zero-order valence-electron chi connectivity index (χ0n) is 11.2. The Kier molecular flexibility index (Phi) is 5.84. The van der Waals surface area contributed by atoms with Crippen molar-refractivity contribution in [2.75, 3.05) is 6.54 Å². The van der Waals surface area contributed by atoms with E-state index in [0.717, 1.165) is 0 Å². The van der Waals surface area contributed by atoms with Gasteiger partial charge in [0, 0.05) is 25.5 Å². The summed E-state index contributed by atoms with van der Waals surface area (Å²) in [6.07, 6.45) is 5.79. The summed E-state index contributed by atoms with van der Waals surface area (Å²) >= 11 is 0. The van der Waals surface area contributed by atoms with Gasteiger partial charge in [-0.1, -0.05) is 20.3 Å². The zero-order chi connectivity index (χ0) is 14.3. The molecule has 7 heteroatoms. The summed E-state index contributed by atoms with van der Waals surface area (Å²) in [4.78, 5) is 26.5. The maximum Gasteiger partial charge on any atom is 0.326 e. The van der Waals surface area contributed by atoms with Crippen LogP contribution in [0.15, 0.2) is 18.7 Å². The lowest BCUT2D eigenvalue weighted by Crippen LogP contribution is -2.49. The lowest BCUT2D eigenvalue weighted by Gasteiger charge is -2.20. The number of rotatable bonds is 7. The van der Waals surface area contributed by atoms with Crippen molar-refractivity contribution >= 4 is 12.0 Å². The molecule has 106 valence electrons. The Bertz CT molecular complexity index is 405. The Morgan fingerprint density at radius 3 is 2.74 bits per heavy atom. The molecular formula is C12H20N4O3. The molecule has 0 fully saturated rings. The number of nitrogens with zero attached hydrogens (tertiary/aromatic N) is 2. The Morgan fingerprint density at radius 1 is 1.47 bits per heavy atom. The normalized spacial score (nSPS) is 13.6. The van der Waals surface area contributed by atoms with E-state index in [1.807, 2.05) is 11.5 Å². The molecule has 2 atom stereocenters. The third kappa shape index (κ3) is 4.99. The zero-order valence-corrected chi connectivity index (χ0v) is 11.2. The summed E-state index contributed by atoms with van der Waals surface area (Å²) in [6.45, 7) is 4.69. The second kappa shape index (κ2) is 7.40. The molecule has 0 saturated heterocycles. The second-order valence-corrected chi connectivity index (χ2v) is 4.40. The van der Waals surface area contributed by atoms with E-state index in [0.29, 0.717) is 19.5 Å². The first-order valence-corrected chi connectivity index (χ1v) is 6.27. The van der Waals surface area contributed by atoms with Gasteiger partial charge < -0.3 is 20.3 Å². The van der Waals surface area contributed by atoms with Gasteiger partial charge in [-0.3, -0.25) is 0 Å². The number of aliphatic carboxylic acids is 1. The first kappa shape index (κ1) is 15.0. The maximum atomic E-state index is 11.6. The number of carbonyl (C=O) groups excluding carboxylic acids is 1. The van der Waals surface area contributed by atoms with Crippen molar-refractivity contribution in [1.29, 1.82) is 0 Å². The van der Waals surface area contributed by atoms with Gasteiger partial charge >= 0.3 is 12.0 Å². The predicted molar refractivity (Wildman–Crippen MR) is 69.6 cm³/mol. The Hall–Kier alpha value is -2.05. The maximum absolute atomic E-state index is 11.6. The summed E-state index contributed by atoms with van der Waals surface area (Å²) in [7, 11) is 0. The summed E-state index contributed by atoms with van der Waals surface area (Å²) in [5, 5.41) is 14.1. The minimum Gasteiger partial charge on any atom is -0.480 e. The number of carbonyl (C=O) groups is 2. The van der Waals surface area contributed by atoms with E-state index < -0.39 is 18.0 Å². The fraction of sp³-hybridized carbons (Fsp3) is 0.583. The highest BCUT2D eigenvalue weighted by molar-refractivity contribution is 5.82. The molecule has 0 aliphatic heterocycles. The Labute approximate surface area is 112 Å². The van der Waals surface area contributed by atoms with Gasteiger partial charge in [0.2, 0.25) is 0 Å². The van der Waals surface area contributed by atoms with E-state index in [-0.39, 0.29) is 5.92 Å². The summed E-state index contributed by atoms with van der Waals surface area (Å²) in [6, 6.07) is -1.33. The molecule has 0 spiro atoms. The Morgan fingerprint density at radius 2 is 2.21 bits per heavy atom. The highest BCUT2D eigenvalue weighted by atomic mass is 16.4. The number of nitrogens with one attached hydrogen (secondary N) is 2. The van der Waals surface area contributed by atoms with Crippen LogP contribution in [0.2, 0.25) is 0 Å². The van der Waals surface area contributed by atoms with Crippen LogP contribution in [0.4, 0.5) is 4.79 Å². The molecule has 1 heterocycles. The minimum absolute atomic E-state index is 0.114. The van der Waals surface area contributed by atoms with E-state index in [1.165, 1.54) is 0 Å². The minimum atomic E-state index is -1.01. The topological polar surface area (TPSA) is 96.3 Å². The Balaban J connectivity index is 2.34. The number of imidazole rings is 1. The van der Waals surface area contributed by atoms with E-state index in [9.17, 15) is 9.59 Å². The molecule has 1 aromatic rings. The van der Waals surface area contributed by atoms with Crippen LogP contribution < -0.4 is 10.6 Å². The SMILES string of the molecule is CC[C@H](C)[C@H](NC(=O)NCCn1ccnc1)C(=O)O. The van der Waals surface area contributed by atoms with Crippen LogP contribution in [-0.4, -0.2) is 39.2 Å². The number of hydrogen-bond donors (Lipinski definition) is 3. The average Bonchev–Trinajstić information content (AvgIpc) is 2.87. The highest BCUT2D eigenvalue weighted by Crippen LogP contribution is 2.07. The summed E-state index contributed by atoms with van der Waals surface area (Å²) in [5.41, 5.74) is 0. The first-order chi connectivity index (χ1) is 9.04. The predicted octanol–water partition coefficient (Wildman–Crippen LogP) is 0.682. The largest absolute Gasteiger partial charge is 0.480 e. The van der Waals surface area contributed by atoms with Gasteiger partial charge in [0.1, 0.15) is 6.04 Å². The van der Waals surface area contributed by atoms with Crippen molar-refractivity contribution < 1.29 is 14.7 Å². The van der Waals surface area contributed by atoms with Crippen LogP contribution in [-0.2, 0) is 11.3 Å². The molecule has 2 amide bonds. The molecule has 0 aliphatic rings. The van der Waals surface area contributed by atoms with Gasteiger partial charge in [0.15, 0.2) is 0 Å². The van der Waals surface area contributed by atoms with Gasteiger partial charge in [-0.2, -0.15) is 0 Å². The smallest absolute Gasteiger partial charge is 0.326 e. The van der Waals surface area contributed by atoms with Gasteiger partial charge in [0.25, 0.3) is 0 Å². The van der Waals surface area contributed by atoms with Gasteiger partial charge in [-0.15, -0.1) is 0 Å². The quantitative estimate of drug-likeness (QED) is 0.677. The molecule has 0 unspecified atom stereocenters. The molecule has 0 bridgehead atoms. The first-order valence-electron chi connectivity index (χ1n) is 6.27. The summed E-state index contributed by atoms with van der Waals surface area (Å²) < 4.78 is 1.82. The van der Waals surface area contributed by atoms with Crippen molar-refractivity contribution in [3.05, 3.63) is 18.7 Å². The molecule has 1 aromatic heterocycles. The number of aromatic nitrogens is 2. The van der Waals surface area contributed by atoms with Crippen molar-refractivity contribution in [1.82, 2.24) is 20.2 Å². The number of carboxylic acid groups (broad SMARTS) is 1. The molecule has 3 N–H and O–H groups in total. The molecule has 0 aromatic carbocycles. The van der Waals surface area contributed by atoms with Gasteiger partial charge in [-0.25, -0.2) is 14.6 Å². The number of hydrogen-bond acceptors (Lipinski definition) is 3. The van der Waals surface area contributed by atoms with Crippen LogP contribution >= 0.6 is 0 Å². The number of urea groups is 1. The molecule has 0 saturated carbocycles. The lowest BCUT2D eigenvalue weighted by atomic mass is 9.99. The van der Waals surface area contributed by atoms with Crippen molar-refractivity contribution in [2.24, 2.45) is 5.92 Å². The standard InChI is InChI=1S/C12H20N4O3/c1-3-9(2)10(11(17)18)15-12(19)14-5-7-16-6-4-13-8-16/h4,6,8-10H,3,5,7H2,1-2H3,(H,17,18)(H2,14,15,19)/t9-,10-/m0/s1. The molecular weight excluding hydrogens is 248 g/mol. The van der Waals surface area contributed by atoms with E-state index in [1.54, 1.807) is 25.6 Å². The third-order valence-electron chi connectivity index (χ3n) is 2.98. The van der Waals surface area contributed by atoms with Crippen LogP contribution in [0.25, 0.3) is 0 Å². The fourth-order valence-electron chi connectivity index (χ4n) is 1.59. The van der Waals surface area contributed by atoms with E-state index >= 15 is 0 Å². The number of carboxylic acids is 1. The van der Waals surface area contributed by atoms with Crippen molar-refractivity contribution in [3.8, 4) is 0 Å². The van der Waals surface area contributed by atoms with E-state index in [4.69, 9.17) is 5.11 Å². The van der Waals surface area contributed by atoms with Crippen LogP contribution in [0, 0.1) is 5.92 Å². The van der Waals surface area contributed by atoms with Gasteiger partial charge in [0.05, 0.1) is 6.33 Å². The molecule has 7 nitrogen and oxygen atoms in total. The molecule has 1 rings (SSSR count). The van der Waals surface area contributed by atoms with Gasteiger partial charge in [-0.05, 0) is 5.92 Å². The monoisotopic (exact) mass is 268 g/mol. The second-order valence-electron chi connectivity index (χ2n) is 4.40. The van der Waals surface area contributed by atoms with E-state index in [2.05, 4.69) is 15.6 Å². The van der Waals surface area contributed by atoms with Crippen LogP contribution in [0.1, 0.15) is 20.3 Å². The van der Waals surface area contributed by atoms with Crippen molar-refractivity contribution in [2.45, 2.75) is 32.9 Å². The highest BCUT2D eigenvalue weighted by Gasteiger charge is 2.24. The van der Waals surface area contributed by atoms with Crippen molar-refractivity contribution in [3.63, 3.8) is 0 Å². The third-order valence-corrected chi connectivity index (χ3v) is 2.98.